The summed E-state index contributed by atoms with van der Waals surface area (Å²) in [6, 6.07) is 25.6. The van der Waals surface area contributed by atoms with Crippen molar-refractivity contribution in [1.82, 2.24) is 9.88 Å². The number of urea groups is 1. The minimum Gasteiger partial charge on any atom is -0.439 e. The molecule has 0 spiro atoms. The number of piperidine rings is 1. The normalized spacial score (nSPS) is 14.2. The molecule has 0 bridgehead atoms. The number of halogens is 1. The van der Waals surface area contributed by atoms with Crippen LogP contribution in [0.4, 0.5) is 26.2 Å². The van der Waals surface area contributed by atoms with Gasteiger partial charge in [0.15, 0.2) is 0 Å². The van der Waals surface area contributed by atoms with E-state index in [1.165, 1.54) is 6.07 Å². The number of aromatic nitrogens is 1. The third-order valence-corrected chi connectivity index (χ3v) is 7.48. The first kappa shape index (κ1) is 29.0. The summed E-state index contributed by atoms with van der Waals surface area (Å²) in [5, 5.41) is 2.74. The Labute approximate surface area is 245 Å². The lowest BCUT2D eigenvalue weighted by molar-refractivity contribution is 0.199. The molecule has 2 heterocycles. The van der Waals surface area contributed by atoms with Gasteiger partial charge in [0.2, 0.25) is 15.9 Å². The third kappa shape index (κ3) is 7.83. The molecule has 0 saturated carbocycles. The third-order valence-electron chi connectivity index (χ3n) is 6.87. The first-order valence-corrected chi connectivity index (χ1v) is 15.5. The predicted molar refractivity (Wildman–Crippen MR) is 162 cm³/mol. The molecule has 1 aliphatic rings. The number of sulfonamides is 1. The molecule has 4 aromatic rings. The van der Waals surface area contributed by atoms with E-state index in [2.05, 4.69) is 19.9 Å². The van der Waals surface area contributed by atoms with Gasteiger partial charge in [-0.05, 0) is 66.9 Å². The zero-order valence-electron chi connectivity index (χ0n) is 23.1. The second-order valence-electron chi connectivity index (χ2n) is 10.1. The fourth-order valence-corrected chi connectivity index (χ4v) is 5.47. The van der Waals surface area contributed by atoms with E-state index in [1.54, 1.807) is 59.6 Å². The number of carbonyl (C=O) groups excluding carboxylic acids is 1. The van der Waals surface area contributed by atoms with Gasteiger partial charge in [0.25, 0.3) is 0 Å². The second-order valence-corrected chi connectivity index (χ2v) is 11.9. The lowest BCUT2D eigenvalue weighted by atomic mass is 10.0. The lowest BCUT2D eigenvalue weighted by Crippen LogP contribution is -2.49. The Morgan fingerprint density at radius 3 is 2.31 bits per heavy atom. The number of anilines is 3. The maximum absolute atomic E-state index is 14.2. The minimum absolute atomic E-state index is 0.0386. The average molecular weight is 590 g/mol. The van der Waals surface area contributed by atoms with E-state index in [1.807, 2.05) is 36.4 Å². The van der Waals surface area contributed by atoms with Crippen molar-refractivity contribution in [3.8, 4) is 11.6 Å². The number of pyridine rings is 1. The van der Waals surface area contributed by atoms with Gasteiger partial charge in [-0.2, -0.15) is 0 Å². The number of carbonyl (C=O) groups is 1. The topological polar surface area (TPSA) is 104 Å². The van der Waals surface area contributed by atoms with Crippen LogP contribution in [0.25, 0.3) is 0 Å². The zero-order valence-corrected chi connectivity index (χ0v) is 23.9. The van der Waals surface area contributed by atoms with Crippen molar-refractivity contribution < 1.29 is 22.3 Å². The van der Waals surface area contributed by atoms with Crippen LogP contribution in [0.15, 0.2) is 97.2 Å². The largest absolute Gasteiger partial charge is 0.439 e. The average Bonchev–Trinajstić information content (AvgIpc) is 2.97. The van der Waals surface area contributed by atoms with Crippen LogP contribution in [0, 0.1) is 5.82 Å². The van der Waals surface area contributed by atoms with Gasteiger partial charge < -0.3 is 10.1 Å². The summed E-state index contributed by atoms with van der Waals surface area (Å²) in [5.74, 6) is 0.498. The summed E-state index contributed by atoms with van der Waals surface area (Å²) < 4.78 is 45.2. The van der Waals surface area contributed by atoms with E-state index < -0.39 is 15.8 Å². The molecule has 0 atom stereocenters. The quantitative estimate of drug-likeness (QED) is 0.245. The zero-order chi connectivity index (χ0) is 29.5. The summed E-state index contributed by atoms with van der Waals surface area (Å²) in [7, 11) is -3.34. The van der Waals surface area contributed by atoms with Gasteiger partial charge in [-0.1, -0.05) is 36.4 Å². The van der Waals surface area contributed by atoms with E-state index in [0.717, 1.165) is 43.4 Å². The van der Waals surface area contributed by atoms with Crippen molar-refractivity contribution in [3.05, 3.63) is 109 Å². The highest BCUT2D eigenvalue weighted by molar-refractivity contribution is 7.92. The van der Waals surface area contributed by atoms with Crippen molar-refractivity contribution >= 4 is 33.1 Å². The fourth-order valence-electron chi connectivity index (χ4n) is 4.91. The SMILES string of the molecule is CS(=O)(=O)Nc1ccc(Oc2ccc(CN3CCC(N(C(=O)Nc4ccccc4F)c4ccccc4)CC3)cn2)cc1. The standard InChI is InChI=1S/C31H32FN5O4S/c1-42(39,40)35-24-12-14-27(15-13-24)41-30-16-11-23(21-33-30)22-36-19-17-26(18-20-36)37(25-7-3-2-4-8-25)31(38)34-29-10-6-5-9-28(29)32/h2-16,21,26,35H,17-20,22H2,1H3,(H,34,38). The van der Waals surface area contributed by atoms with E-state index in [0.29, 0.717) is 23.9 Å². The maximum Gasteiger partial charge on any atom is 0.326 e. The monoisotopic (exact) mass is 589 g/mol. The fraction of sp³-hybridized carbons (Fsp3) is 0.226. The van der Waals surface area contributed by atoms with Crippen LogP contribution in [0.2, 0.25) is 0 Å². The Morgan fingerprint density at radius 1 is 0.976 bits per heavy atom. The number of para-hydroxylation sites is 2. The maximum atomic E-state index is 14.2. The molecule has 0 unspecified atom stereocenters. The number of hydrogen-bond donors (Lipinski definition) is 2. The highest BCUT2D eigenvalue weighted by Gasteiger charge is 2.29. The van der Waals surface area contributed by atoms with Crippen LogP contribution in [0.5, 0.6) is 11.6 Å². The molecule has 218 valence electrons. The Balaban J connectivity index is 1.17. The van der Waals surface area contributed by atoms with Crippen LogP contribution >= 0.6 is 0 Å². The van der Waals surface area contributed by atoms with Crippen LogP contribution in [0.3, 0.4) is 0 Å². The minimum atomic E-state index is -3.34. The number of likely N-dealkylation sites (tertiary alicyclic amines) is 1. The molecule has 1 fully saturated rings. The molecule has 9 nitrogen and oxygen atoms in total. The Kier molecular flexibility index (Phi) is 8.99. The van der Waals surface area contributed by atoms with Crippen LogP contribution in [0.1, 0.15) is 18.4 Å². The molecule has 1 aliphatic heterocycles. The van der Waals surface area contributed by atoms with Crippen molar-refractivity contribution in [2.45, 2.75) is 25.4 Å². The van der Waals surface area contributed by atoms with Crippen LogP contribution < -0.4 is 19.7 Å². The summed E-state index contributed by atoms with van der Waals surface area (Å²) in [6.07, 6.45) is 4.40. The number of nitrogens with zero attached hydrogens (tertiary/aromatic N) is 3. The molecule has 3 aromatic carbocycles. The molecule has 42 heavy (non-hydrogen) atoms. The molecule has 1 aromatic heterocycles. The van der Waals surface area contributed by atoms with Gasteiger partial charge >= 0.3 is 6.03 Å². The molecule has 0 radical (unpaired) electrons. The molecule has 0 aliphatic carbocycles. The van der Waals surface area contributed by atoms with Gasteiger partial charge in [0.05, 0.1) is 11.9 Å². The number of rotatable bonds is 9. The summed E-state index contributed by atoms with van der Waals surface area (Å²) >= 11 is 0. The van der Waals surface area contributed by atoms with Crippen molar-refractivity contribution in [3.63, 3.8) is 0 Å². The van der Waals surface area contributed by atoms with Gasteiger partial charge in [-0.25, -0.2) is 22.6 Å². The molecule has 1 saturated heterocycles. The Hall–Kier alpha value is -4.48. The number of ether oxygens (including phenoxy) is 1. The van der Waals surface area contributed by atoms with E-state index in [-0.39, 0.29) is 17.8 Å². The number of benzene rings is 3. The number of hydrogen-bond acceptors (Lipinski definition) is 6. The molecule has 11 heteroatoms. The Bertz CT molecular complexity index is 1590. The highest BCUT2D eigenvalue weighted by atomic mass is 32.2. The Morgan fingerprint density at radius 2 is 1.67 bits per heavy atom. The van der Waals surface area contributed by atoms with E-state index in [4.69, 9.17) is 4.74 Å². The van der Waals surface area contributed by atoms with Gasteiger partial charge in [-0.3, -0.25) is 14.5 Å². The van der Waals surface area contributed by atoms with Crippen molar-refractivity contribution in [1.29, 1.82) is 0 Å². The number of nitrogens with one attached hydrogen (secondary N) is 2. The van der Waals surface area contributed by atoms with Gasteiger partial charge in [0.1, 0.15) is 11.6 Å². The number of amides is 2. The molecular formula is C31H32FN5O4S. The first-order valence-electron chi connectivity index (χ1n) is 13.6. The van der Waals surface area contributed by atoms with Gasteiger partial charge in [0, 0.05) is 49.3 Å². The summed E-state index contributed by atoms with van der Waals surface area (Å²) in [5.41, 5.74) is 2.41. The second kappa shape index (κ2) is 13.0. The molecule has 2 amide bonds. The van der Waals surface area contributed by atoms with Crippen molar-refractivity contribution in [2.24, 2.45) is 0 Å². The highest BCUT2D eigenvalue weighted by Crippen LogP contribution is 2.27. The van der Waals surface area contributed by atoms with Crippen LogP contribution in [-0.4, -0.2) is 49.7 Å². The molecule has 5 rings (SSSR count). The van der Waals surface area contributed by atoms with Gasteiger partial charge in [-0.15, -0.1) is 0 Å². The lowest BCUT2D eigenvalue weighted by Gasteiger charge is -2.38. The predicted octanol–water partition coefficient (Wildman–Crippen LogP) is 6.09. The first-order chi connectivity index (χ1) is 20.2. The van der Waals surface area contributed by atoms with Crippen molar-refractivity contribution in [2.75, 3.05) is 34.3 Å². The van der Waals surface area contributed by atoms with Crippen LogP contribution in [-0.2, 0) is 16.6 Å². The molecule has 2 N–H and O–H groups in total. The van der Waals surface area contributed by atoms with E-state index >= 15 is 0 Å². The van der Waals surface area contributed by atoms with E-state index in [9.17, 15) is 17.6 Å². The smallest absolute Gasteiger partial charge is 0.326 e. The molecular weight excluding hydrogens is 557 g/mol. The summed E-state index contributed by atoms with van der Waals surface area (Å²) in [6.45, 7) is 2.28. The summed E-state index contributed by atoms with van der Waals surface area (Å²) in [4.78, 5) is 21.8.